The van der Waals surface area contributed by atoms with Crippen LogP contribution in [0.25, 0.3) is 0 Å². The van der Waals surface area contributed by atoms with Gasteiger partial charge in [0, 0.05) is 23.5 Å². The molecule has 0 saturated carbocycles. The SMILES string of the molecule is C=CCCCCN1C[C@@]2(CCCc3cc(Cl)ccc32)COc2ccc(C(CC(=O)O)C(=O)OC)cc21. The van der Waals surface area contributed by atoms with E-state index in [-0.39, 0.29) is 11.8 Å². The fourth-order valence-corrected chi connectivity index (χ4v) is 5.82. The third kappa shape index (κ3) is 5.54. The number of carboxylic acids is 1. The number of fused-ring (bicyclic) bond motifs is 3. The number of carboxylic acid groups (broad SMARTS) is 1. The highest BCUT2D eigenvalue weighted by Crippen LogP contribution is 2.45. The highest BCUT2D eigenvalue weighted by atomic mass is 35.5. The summed E-state index contributed by atoms with van der Waals surface area (Å²) in [5.74, 6) is -1.73. The Morgan fingerprint density at radius 1 is 1.28 bits per heavy atom. The number of nitrogens with zero attached hydrogens (tertiary/aromatic N) is 1. The van der Waals surface area contributed by atoms with Crippen LogP contribution < -0.4 is 9.64 Å². The molecule has 0 radical (unpaired) electrons. The fraction of sp³-hybridized carbons (Fsp3) is 0.448. The van der Waals surface area contributed by atoms with E-state index in [9.17, 15) is 14.7 Å². The predicted molar refractivity (Wildman–Crippen MR) is 141 cm³/mol. The maximum atomic E-state index is 12.5. The number of carbonyl (C=O) groups is 2. The number of benzene rings is 2. The quantitative estimate of drug-likeness (QED) is 0.256. The molecule has 0 bridgehead atoms. The smallest absolute Gasteiger partial charge is 0.313 e. The van der Waals surface area contributed by atoms with E-state index in [1.165, 1.54) is 18.2 Å². The number of aliphatic carboxylic acids is 1. The number of esters is 1. The second-order valence-electron chi connectivity index (χ2n) is 9.83. The van der Waals surface area contributed by atoms with Gasteiger partial charge in [-0.15, -0.1) is 6.58 Å². The van der Waals surface area contributed by atoms with Crippen LogP contribution in [0.3, 0.4) is 0 Å². The molecule has 0 amide bonds. The van der Waals surface area contributed by atoms with Crippen LogP contribution in [0.15, 0.2) is 49.1 Å². The summed E-state index contributed by atoms with van der Waals surface area (Å²) in [4.78, 5) is 26.3. The summed E-state index contributed by atoms with van der Waals surface area (Å²) < 4.78 is 11.4. The zero-order valence-electron chi connectivity index (χ0n) is 20.8. The van der Waals surface area contributed by atoms with Gasteiger partial charge in [-0.1, -0.05) is 29.8 Å². The van der Waals surface area contributed by atoms with Gasteiger partial charge in [0.15, 0.2) is 0 Å². The minimum atomic E-state index is -1.05. The number of anilines is 1. The number of hydrogen-bond acceptors (Lipinski definition) is 5. The van der Waals surface area contributed by atoms with Crippen LogP contribution in [0, 0.1) is 0 Å². The topological polar surface area (TPSA) is 76.1 Å². The van der Waals surface area contributed by atoms with E-state index < -0.39 is 17.9 Å². The molecule has 2 aliphatic rings. The van der Waals surface area contributed by atoms with Crippen molar-refractivity contribution in [3.63, 3.8) is 0 Å². The average Bonchev–Trinajstić information content (AvgIpc) is 3.01. The predicted octanol–water partition coefficient (Wildman–Crippen LogP) is 5.90. The largest absolute Gasteiger partial charge is 0.490 e. The molecule has 192 valence electrons. The Morgan fingerprint density at radius 2 is 2.11 bits per heavy atom. The summed E-state index contributed by atoms with van der Waals surface area (Å²) >= 11 is 6.33. The van der Waals surface area contributed by atoms with Crippen LogP contribution in [0.2, 0.25) is 5.02 Å². The molecule has 1 aliphatic heterocycles. The lowest BCUT2D eigenvalue weighted by atomic mass is 9.70. The molecule has 1 spiro atoms. The molecule has 1 N–H and O–H groups in total. The number of ether oxygens (including phenoxy) is 2. The standard InChI is InChI=1S/C29H34ClNO5/c1-3-4-5-6-14-31-18-29(13-7-8-21-15-22(30)10-11-24(21)29)19-36-26-12-9-20(16-25(26)31)23(17-27(32)33)28(34)35-2/h3,9-12,15-16,23H,1,4-8,13-14,17-19H2,2H3,(H,32,33)/t23?,29-/m0/s1. The monoisotopic (exact) mass is 511 g/mol. The summed E-state index contributed by atoms with van der Waals surface area (Å²) in [7, 11) is 1.28. The van der Waals surface area contributed by atoms with Gasteiger partial charge < -0.3 is 19.5 Å². The molecule has 6 nitrogen and oxygen atoms in total. The molecule has 2 aromatic carbocycles. The van der Waals surface area contributed by atoms with Crippen molar-refractivity contribution in [3.05, 3.63) is 70.8 Å². The minimum Gasteiger partial charge on any atom is -0.490 e. The minimum absolute atomic E-state index is 0.182. The number of rotatable bonds is 9. The third-order valence-electron chi connectivity index (χ3n) is 7.41. The lowest BCUT2D eigenvalue weighted by molar-refractivity contribution is -0.147. The average molecular weight is 512 g/mol. The molecular formula is C29H34ClNO5. The molecule has 2 atom stereocenters. The lowest BCUT2D eigenvalue weighted by Gasteiger charge is -2.41. The number of aryl methyl sites for hydroxylation is 1. The highest BCUT2D eigenvalue weighted by molar-refractivity contribution is 6.30. The van der Waals surface area contributed by atoms with E-state index in [4.69, 9.17) is 21.1 Å². The molecule has 1 unspecified atom stereocenters. The summed E-state index contributed by atoms with van der Waals surface area (Å²) in [6.45, 7) is 5.98. The van der Waals surface area contributed by atoms with Gasteiger partial charge in [-0.3, -0.25) is 9.59 Å². The summed E-state index contributed by atoms with van der Waals surface area (Å²) in [6, 6.07) is 11.8. The molecule has 1 heterocycles. The van der Waals surface area contributed by atoms with Crippen molar-refractivity contribution in [2.24, 2.45) is 0 Å². The van der Waals surface area contributed by atoms with Crippen LogP contribution >= 0.6 is 11.6 Å². The van der Waals surface area contributed by atoms with E-state index in [0.717, 1.165) is 68.1 Å². The zero-order valence-corrected chi connectivity index (χ0v) is 21.6. The Kier molecular flexibility index (Phi) is 8.24. The van der Waals surface area contributed by atoms with Crippen molar-refractivity contribution >= 4 is 29.2 Å². The second-order valence-corrected chi connectivity index (χ2v) is 10.3. The third-order valence-corrected chi connectivity index (χ3v) is 7.65. The number of halogens is 1. The zero-order chi connectivity index (χ0) is 25.7. The van der Waals surface area contributed by atoms with Crippen LogP contribution in [0.4, 0.5) is 5.69 Å². The molecule has 0 fully saturated rings. The van der Waals surface area contributed by atoms with Gasteiger partial charge in [0.1, 0.15) is 5.75 Å². The van der Waals surface area contributed by atoms with Gasteiger partial charge in [-0.25, -0.2) is 0 Å². The summed E-state index contributed by atoms with van der Waals surface area (Å²) in [5.41, 5.74) is 3.90. The van der Waals surface area contributed by atoms with E-state index in [2.05, 4.69) is 23.6 Å². The van der Waals surface area contributed by atoms with Gasteiger partial charge in [0.2, 0.25) is 0 Å². The Bertz CT molecular complexity index is 1130. The molecule has 1 aliphatic carbocycles. The fourth-order valence-electron chi connectivity index (χ4n) is 5.63. The molecule has 36 heavy (non-hydrogen) atoms. The van der Waals surface area contributed by atoms with Crippen molar-refractivity contribution < 1.29 is 24.2 Å². The Hall–Kier alpha value is -2.99. The van der Waals surface area contributed by atoms with Crippen LogP contribution in [-0.2, 0) is 26.2 Å². The highest BCUT2D eigenvalue weighted by Gasteiger charge is 2.41. The van der Waals surface area contributed by atoms with E-state index in [0.29, 0.717) is 12.2 Å². The van der Waals surface area contributed by atoms with E-state index in [1.807, 2.05) is 24.3 Å². The van der Waals surface area contributed by atoms with Crippen molar-refractivity contribution in [1.82, 2.24) is 0 Å². The maximum Gasteiger partial charge on any atom is 0.313 e. The lowest BCUT2D eigenvalue weighted by Crippen LogP contribution is -2.46. The Morgan fingerprint density at radius 3 is 2.86 bits per heavy atom. The van der Waals surface area contributed by atoms with Gasteiger partial charge in [-0.05, 0) is 79.5 Å². The van der Waals surface area contributed by atoms with Crippen LogP contribution in [-0.4, -0.2) is 43.9 Å². The first-order valence-electron chi connectivity index (χ1n) is 12.6. The Balaban J connectivity index is 1.74. The first kappa shape index (κ1) is 26.1. The van der Waals surface area contributed by atoms with Gasteiger partial charge >= 0.3 is 11.9 Å². The van der Waals surface area contributed by atoms with E-state index in [1.54, 1.807) is 6.07 Å². The maximum absolute atomic E-state index is 12.5. The first-order chi connectivity index (χ1) is 17.4. The number of unbranched alkanes of at least 4 members (excludes halogenated alkanes) is 2. The normalized spacial score (nSPS) is 19.4. The van der Waals surface area contributed by atoms with Crippen molar-refractivity contribution in [2.75, 3.05) is 31.7 Å². The molecule has 0 saturated heterocycles. The van der Waals surface area contributed by atoms with Crippen molar-refractivity contribution in [3.8, 4) is 5.75 Å². The van der Waals surface area contributed by atoms with Gasteiger partial charge in [-0.2, -0.15) is 0 Å². The second kappa shape index (κ2) is 11.4. The first-order valence-corrected chi connectivity index (χ1v) is 13.0. The summed E-state index contributed by atoms with van der Waals surface area (Å²) in [6.07, 6.45) is 7.64. The Labute approximate surface area is 217 Å². The number of allylic oxidation sites excluding steroid dienone is 1. The van der Waals surface area contributed by atoms with Gasteiger partial charge in [0.25, 0.3) is 0 Å². The number of methoxy groups -OCH3 is 1. The molecule has 7 heteroatoms. The molecule has 0 aromatic heterocycles. The number of carbonyl (C=O) groups excluding carboxylic acids is 1. The van der Waals surface area contributed by atoms with Gasteiger partial charge in [0.05, 0.1) is 31.7 Å². The summed E-state index contributed by atoms with van der Waals surface area (Å²) in [5, 5.41) is 10.2. The van der Waals surface area contributed by atoms with E-state index >= 15 is 0 Å². The van der Waals surface area contributed by atoms with Crippen molar-refractivity contribution in [2.45, 2.75) is 56.3 Å². The van der Waals surface area contributed by atoms with Crippen LogP contribution in [0.5, 0.6) is 5.75 Å². The van der Waals surface area contributed by atoms with Crippen molar-refractivity contribution in [1.29, 1.82) is 0 Å². The number of hydrogen-bond donors (Lipinski definition) is 1. The molecule has 2 aromatic rings. The van der Waals surface area contributed by atoms with Crippen LogP contribution in [0.1, 0.15) is 61.1 Å². The molecular weight excluding hydrogens is 478 g/mol. The molecule has 4 rings (SSSR count).